The Hall–Kier alpha value is -9.06. The fraction of sp³-hybridized carbons (Fsp3) is 0. The van der Waals surface area contributed by atoms with Gasteiger partial charge in [0.2, 0.25) is 0 Å². The van der Waals surface area contributed by atoms with E-state index in [0.29, 0.717) is 5.82 Å². The Morgan fingerprint density at radius 1 is 0.254 bits per heavy atom. The largest absolute Gasteiger partial charge is 0.309 e. The molecule has 5 heteroatoms. The van der Waals surface area contributed by atoms with Gasteiger partial charge in [0.1, 0.15) is 0 Å². The first-order chi connectivity index (χ1) is 33.2. The van der Waals surface area contributed by atoms with Gasteiger partial charge >= 0.3 is 0 Å². The molecule has 10 aromatic carbocycles. The van der Waals surface area contributed by atoms with E-state index in [1.165, 1.54) is 65.4 Å². The van der Waals surface area contributed by atoms with Crippen molar-refractivity contribution in [3.05, 3.63) is 237 Å². The molecular formula is C62H39N5. The van der Waals surface area contributed by atoms with E-state index in [2.05, 4.69) is 244 Å². The van der Waals surface area contributed by atoms with Gasteiger partial charge in [0.25, 0.3) is 0 Å². The fourth-order valence-corrected chi connectivity index (χ4v) is 10.7. The molecule has 4 aromatic heterocycles. The predicted octanol–water partition coefficient (Wildman–Crippen LogP) is 15.9. The Morgan fingerprint density at radius 3 is 0.910 bits per heavy atom. The molecule has 0 saturated carbocycles. The third kappa shape index (κ3) is 5.75. The summed E-state index contributed by atoms with van der Waals surface area (Å²) in [4.78, 5) is 10.6. The molecule has 312 valence electrons. The van der Waals surface area contributed by atoms with Gasteiger partial charge in [-0.15, -0.1) is 0 Å². The summed E-state index contributed by atoms with van der Waals surface area (Å²) in [6.07, 6.45) is 2.02. The number of benzene rings is 10. The summed E-state index contributed by atoms with van der Waals surface area (Å²) in [6, 6.07) is 82.9. The monoisotopic (exact) mass is 853 g/mol. The Kier molecular flexibility index (Phi) is 8.21. The Balaban J connectivity index is 0.899. The Morgan fingerprint density at radius 2 is 0.552 bits per heavy atom. The normalized spacial score (nSPS) is 11.9. The Labute approximate surface area is 385 Å². The molecule has 5 nitrogen and oxygen atoms in total. The van der Waals surface area contributed by atoms with E-state index in [1.807, 2.05) is 6.20 Å². The second-order valence-corrected chi connectivity index (χ2v) is 17.4. The molecule has 0 fully saturated rings. The molecule has 0 aliphatic rings. The number of hydrogen-bond acceptors (Lipinski definition) is 2. The molecule has 0 aliphatic carbocycles. The molecule has 0 amide bonds. The van der Waals surface area contributed by atoms with Crippen LogP contribution in [0.1, 0.15) is 0 Å². The maximum atomic E-state index is 5.45. The summed E-state index contributed by atoms with van der Waals surface area (Å²) in [5.41, 5.74) is 16.7. The fourth-order valence-electron chi connectivity index (χ4n) is 10.7. The first-order valence-corrected chi connectivity index (χ1v) is 22.8. The molecule has 0 atom stereocenters. The van der Waals surface area contributed by atoms with Crippen LogP contribution in [0.25, 0.3) is 127 Å². The summed E-state index contributed by atoms with van der Waals surface area (Å²) in [5, 5.41) is 8.49. The highest BCUT2D eigenvalue weighted by molar-refractivity contribution is 6.11. The van der Waals surface area contributed by atoms with Crippen molar-refractivity contribution >= 4 is 76.3 Å². The zero-order chi connectivity index (χ0) is 44.0. The SMILES string of the molecule is c1ccc2c(c1)c1ccccc1n2-c1ccc(-c2ncc3c(-c4ccc(-n5c6ccccc6c6ccccc65)cc4)ccc(-c4ccc(-n5c6ccccc6c6ccccc65)cc4)c3n2)cc1. The van der Waals surface area contributed by atoms with Gasteiger partial charge in [-0.2, -0.15) is 0 Å². The van der Waals surface area contributed by atoms with Crippen LogP contribution in [-0.4, -0.2) is 23.7 Å². The molecule has 4 heterocycles. The number of aromatic nitrogens is 5. The lowest BCUT2D eigenvalue weighted by atomic mass is 9.95. The summed E-state index contributed by atoms with van der Waals surface area (Å²) in [7, 11) is 0. The number of fused-ring (bicyclic) bond motifs is 10. The zero-order valence-electron chi connectivity index (χ0n) is 36.3. The zero-order valence-corrected chi connectivity index (χ0v) is 36.3. The minimum absolute atomic E-state index is 0.684. The second-order valence-electron chi connectivity index (χ2n) is 17.4. The second kappa shape index (κ2) is 14.7. The molecule has 0 radical (unpaired) electrons. The van der Waals surface area contributed by atoms with Crippen molar-refractivity contribution in [1.82, 2.24) is 23.7 Å². The van der Waals surface area contributed by atoms with Gasteiger partial charge in [-0.25, -0.2) is 9.97 Å². The van der Waals surface area contributed by atoms with E-state index in [0.717, 1.165) is 55.8 Å². The van der Waals surface area contributed by atoms with Gasteiger partial charge in [-0.3, -0.25) is 0 Å². The van der Waals surface area contributed by atoms with Crippen LogP contribution in [-0.2, 0) is 0 Å². The van der Waals surface area contributed by atoms with Crippen molar-refractivity contribution < 1.29 is 0 Å². The first-order valence-electron chi connectivity index (χ1n) is 22.8. The van der Waals surface area contributed by atoms with E-state index < -0.39 is 0 Å². The van der Waals surface area contributed by atoms with Crippen molar-refractivity contribution in [3.63, 3.8) is 0 Å². The van der Waals surface area contributed by atoms with Crippen molar-refractivity contribution in [1.29, 1.82) is 0 Å². The van der Waals surface area contributed by atoms with Crippen LogP contribution < -0.4 is 0 Å². The van der Waals surface area contributed by atoms with Gasteiger partial charge in [0.15, 0.2) is 5.82 Å². The van der Waals surface area contributed by atoms with E-state index >= 15 is 0 Å². The number of rotatable bonds is 6. The van der Waals surface area contributed by atoms with Crippen LogP contribution in [0.5, 0.6) is 0 Å². The molecule has 0 N–H and O–H groups in total. The van der Waals surface area contributed by atoms with Crippen molar-refractivity contribution in [2.24, 2.45) is 0 Å². The maximum absolute atomic E-state index is 5.45. The Bertz CT molecular complexity index is 4090. The maximum Gasteiger partial charge on any atom is 0.159 e. The molecule has 67 heavy (non-hydrogen) atoms. The van der Waals surface area contributed by atoms with Crippen molar-refractivity contribution in [2.45, 2.75) is 0 Å². The summed E-state index contributed by atoms with van der Waals surface area (Å²) < 4.78 is 7.07. The lowest BCUT2D eigenvalue weighted by Gasteiger charge is -2.15. The quantitative estimate of drug-likeness (QED) is 0.167. The molecule has 0 aliphatic heterocycles. The van der Waals surface area contributed by atoms with Gasteiger partial charge in [-0.05, 0) is 102 Å². The van der Waals surface area contributed by atoms with E-state index in [-0.39, 0.29) is 0 Å². The molecule has 0 unspecified atom stereocenters. The summed E-state index contributed by atoms with van der Waals surface area (Å²) in [6.45, 7) is 0. The van der Waals surface area contributed by atoms with Gasteiger partial charge in [0, 0.05) is 72.1 Å². The molecule has 14 rings (SSSR count). The van der Waals surface area contributed by atoms with E-state index in [9.17, 15) is 0 Å². The van der Waals surface area contributed by atoms with Crippen LogP contribution in [0, 0.1) is 0 Å². The average Bonchev–Trinajstić information content (AvgIpc) is 4.04. The molecule has 0 spiro atoms. The minimum Gasteiger partial charge on any atom is -0.309 e. The van der Waals surface area contributed by atoms with Crippen LogP contribution in [0.4, 0.5) is 0 Å². The summed E-state index contributed by atoms with van der Waals surface area (Å²) in [5.74, 6) is 0.684. The average molecular weight is 854 g/mol. The molecule has 14 aromatic rings. The van der Waals surface area contributed by atoms with Gasteiger partial charge in [0.05, 0.1) is 38.6 Å². The molecule has 0 bridgehead atoms. The lowest BCUT2D eigenvalue weighted by Crippen LogP contribution is -1.97. The molecule has 0 saturated heterocycles. The standard InChI is InChI=1S/C62H39N5/c1-7-19-55-48(13-1)49-14-2-8-20-56(49)65(55)43-31-25-40(26-32-43)46-37-38-47(41-27-33-44(34-28-41)66-57-21-9-3-15-50(57)51-16-4-10-22-58(51)66)61-54(46)39-63-62(64-61)42-29-35-45(36-30-42)67-59-23-11-5-17-52(59)53-18-6-12-24-60(53)67/h1-39H. The predicted molar refractivity (Wildman–Crippen MR) is 279 cm³/mol. The van der Waals surface area contributed by atoms with E-state index in [4.69, 9.17) is 9.97 Å². The van der Waals surface area contributed by atoms with E-state index in [1.54, 1.807) is 0 Å². The van der Waals surface area contributed by atoms with Crippen molar-refractivity contribution in [3.8, 4) is 50.7 Å². The molecular weight excluding hydrogens is 815 g/mol. The highest BCUT2D eigenvalue weighted by Gasteiger charge is 2.18. The highest BCUT2D eigenvalue weighted by atomic mass is 15.0. The number of nitrogens with zero attached hydrogens (tertiary/aromatic N) is 5. The lowest BCUT2D eigenvalue weighted by molar-refractivity contribution is 1.17. The van der Waals surface area contributed by atoms with Crippen LogP contribution in [0.3, 0.4) is 0 Å². The van der Waals surface area contributed by atoms with Gasteiger partial charge in [-0.1, -0.05) is 146 Å². The van der Waals surface area contributed by atoms with Crippen LogP contribution in [0.15, 0.2) is 237 Å². The third-order valence-electron chi connectivity index (χ3n) is 13.7. The number of para-hydroxylation sites is 6. The van der Waals surface area contributed by atoms with Crippen LogP contribution in [0.2, 0.25) is 0 Å². The van der Waals surface area contributed by atoms with Gasteiger partial charge < -0.3 is 13.7 Å². The van der Waals surface area contributed by atoms with Crippen molar-refractivity contribution in [2.75, 3.05) is 0 Å². The smallest absolute Gasteiger partial charge is 0.159 e. The summed E-state index contributed by atoms with van der Waals surface area (Å²) >= 11 is 0. The van der Waals surface area contributed by atoms with Crippen LogP contribution >= 0.6 is 0 Å². The topological polar surface area (TPSA) is 40.6 Å². The first kappa shape index (κ1) is 37.3. The third-order valence-corrected chi connectivity index (χ3v) is 13.7. The minimum atomic E-state index is 0.684. The number of hydrogen-bond donors (Lipinski definition) is 0. The highest BCUT2D eigenvalue weighted by Crippen LogP contribution is 2.39.